The second-order valence-corrected chi connectivity index (χ2v) is 8.20. The number of anilines is 1. The molecule has 2 aliphatic rings. The van der Waals surface area contributed by atoms with E-state index in [-0.39, 0.29) is 18.6 Å². The molecule has 0 saturated heterocycles. The predicted molar refractivity (Wildman–Crippen MR) is 105 cm³/mol. The van der Waals surface area contributed by atoms with E-state index in [1.807, 2.05) is 25.7 Å². The summed E-state index contributed by atoms with van der Waals surface area (Å²) in [5.41, 5.74) is 0.914. The van der Waals surface area contributed by atoms with Crippen LogP contribution in [0, 0.1) is 5.82 Å². The molecule has 0 aliphatic carbocycles. The lowest BCUT2D eigenvalue weighted by molar-refractivity contribution is 0.0932. The fourth-order valence-corrected chi connectivity index (χ4v) is 3.67. The average Bonchev–Trinajstić information content (AvgIpc) is 3.11. The number of amides is 1. The lowest BCUT2D eigenvalue weighted by Gasteiger charge is -2.43. The largest absolute Gasteiger partial charge is 0.486 e. The van der Waals surface area contributed by atoms with E-state index in [2.05, 4.69) is 15.4 Å². The van der Waals surface area contributed by atoms with E-state index < -0.39 is 11.4 Å². The van der Waals surface area contributed by atoms with Crippen LogP contribution in [0.5, 0.6) is 11.6 Å². The minimum atomic E-state index is -0.449. The maximum absolute atomic E-state index is 14.1. The van der Waals surface area contributed by atoms with Crippen molar-refractivity contribution in [3.8, 4) is 11.6 Å². The topological polar surface area (TPSA) is 93.9 Å². The number of nitrogens with one attached hydrogen (secondary N) is 1. The Morgan fingerprint density at radius 1 is 1.33 bits per heavy atom. The fourth-order valence-electron chi connectivity index (χ4n) is 3.67. The van der Waals surface area contributed by atoms with Gasteiger partial charge >= 0.3 is 0 Å². The van der Waals surface area contributed by atoms with Crippen molar-refractivity contribution in [2.75, 3.05) is 18.1 Å². The minimum Gasteiger partial charge on any atom is -0.486 e. The van der Waals surface area contributed by atoms with Gasteiger partial charge in [-0.05, 0) is 26.8 Å². The summed E-state index contributed by atoms with van der Waals surface area (Å²) in [4.78, 5) is 23.6. The SMILES string of the molecule is C[C@H]1CNC(=O)c2cnn3cc4c(nc23)N(Cc2cc(F)cnc2O1)C(C)(C)CO4. The van der Waals surface area contributed by atoms with E-state index >= 15 is 0 Å². The molecule has 0 radical (unpaired) electrons. The molecule has 5 rings (SSSR count). The first-order valence-electron chi connectivity index (χ1n) is 9.70. The highest BCUT2D eigenvalue weighted by atomic mass is 19.1. The molecule has 10 heteroatoms. The van der Waals surface area contributed by atoms with Gasteiger partial charge in [0.05, 0.1) is 37.2 Å². The molecular formula is C20H21FN6O3. The Morgan fingerprint density at radius 3 is 3.00 bits per heavy atom. The first-order chi connectivity index (χ1) is 14.3. The van der Waals surface area contributed by atoms with Gasteiger partial charge in [0.1, 0.15) is 24.1 Å². The third-order valence-electron chi connectivity index (χ3n) is 5.34. The van der Waals surface area contributed by atoms with Gasteiger partial charge in [-0.2, -0.15) is 5.10 Å². The average molecular weight is 412 g/mol. The molecule has 156 valence electrons. The molecule has 2 bridgehead atoms. The first kappa shape index (κ1) is 18.6. The first-order valence-corrected chi connectivity index (χ1v) is 9.70. The van der Waals surface area contributed by atoms with Crippen molar-refractivity contribution in [1.29, 1.82) is 0 Å². The molecule has 3 aromatic heterocycles. The second kappa shape index (κ2) is 6.54. The molecule has 0 fully saturated rings. The molecule has 3 aromatic rings. The standard InChI is InChI=1S/C20H21FN6O3/c1-11-5-22-18(28)14-7-24-27-9-15-17(25-16(14)27)26(20(2,3)10-29-15)8-12-4-13(21)6-23-19(12)30-11/h4,6-7,9,11H,5,8,10H2,1-3H3,(H,22,28)/t11-/m0/s1. The Kier molecular flexibility index (Phi) is 4.05. The van der Waals surface area contributed by atoms with E-state index in [0.717, 1.165) is 6.20 Å². The highest BCUT2D eigenvalue weighted by Gasteiger charge is 2.37. The highest BCUT2D eigenvalue weighted by molar-refractivity contribution is 5.99. The van der Waals surface area contributed by atoms with Crippen LogP contribution in [-0.4, -0.2) is 50.3 Å². The number of aromatic nitrogens is 4. The molecule has 1 N–H and O–H groups in total. The van der Waals surface area contributed by atoms with Gasteiger partial charge in [-0.15, -0.1) is 0 Å². The van der Waals surface area contributed by atoms with Crippen LogP contribution in [0.4, 0.5) is 10.2 Å². The number of rotatable bonds is 0. The zero-order chi connectivity index (χ0) is 21.0. The van der Waals surface area contributed by atoms with Crippen LogP contribution in [0.1, 0.15) is 36.7 Å². The van der Waals surface area contributed by atoms with Crippen molar-refractivity contribution < 1.29 is 18.7 Å². The monoisotopic (exact) mass is 412 g/mol. The van der Waals surface area contributed by atoms with Gasteiger partial charge < -0.3 is 19.7 Å². The van der Waals surface area contributed by atoms with E-state index in [1.54, 1.807) is 6.20 Å². The number of carbonyl (C=O) groups is 1. The third kappa shape index (κ3) is 2.99. The van der Waals surface area contributed by atoms with Gasteiger partial charge in [0, 0.05) is 5.56 Å². The van der Waals surface area contributed by atoms with Crippen molar-refractivity contribution in [3.63, 3.8) is 0 Å². The molecule has 0 aromatic carbocycles. The summed E-state index contributed by atoms with van der Waals surface area (Å²) in [6.45, 7) is 6.80. The van der Waals surface area contributed by atoms with Crippen LogP contribution in [0.2, 0.25) is 0 Å². The zero-order valence-corrected chi connectivity index (χ0v) is 16.8. The number of halogens is 1. The maximum Gasteiger partial charge on any atom is 0.256 e. The number of pyridine rings is 1. The van der Waals surface area contributed by atoms with Crippen molar-refractivity contribution in [1.82, 2.24) is 24.9 Å². The van der Waals surface area contributed by atoms with Gasteiger partial charge in [-0.3, -0.25) is 4.79 Å². The summed E-state index contributed by atoms with van der Waals surface area (Å²) in [5.74, 6) is 0.658. The summed E-state index contributed by atoms with van der Waals surface area (Å²) in [5, 5.41) is 7.08. The molecule has 0 saturated carbocycles. The Bertz CT molecular complexity index is 1160. The number of hydrogen-bond acceptors (Lipinski definition) is 7. The highest BCUT2D eigenvalue weighted by Crippen LogP contribution is 2.39. The predicted octanol–water partition coefficient (Wildman–Crippen LogP) is 1.95. The van der Waals surface area contributed by atoms with Crippen molar-refractivity contribution >= 4 is 17.4 Å². The van der Waals surface area contributed by atoms with Gasteiger partial charge in [0.2, 0.25) is 5.88 Å². The number of hydrogen-bond donors (Lipinski definition) is 1. The van der Waals surface area contributed by atoms with Crippen LogP contribution < -0.4 is 19.7 Å². The molecule has 9 nitrogen and oxygen atoms in total. The molecule has 5 heterocycles. The minimum absolute atomic E-state index is 0.248. The molecular weight excluding hydrogens is 391 g/mol. The summed E-state index contributed by atoms with van der Waals surface area (Å²) in [6.07, 6.45) is 3.94. The normalized spacial score (nSPS) is 20.3. The number of carbonyl (C=O) groups excluding carboxylic acids is 1. The fraction of sp³-hybridized carbons (Fsp3) is 0.400. The van der Waals surface area contributed by atoms with Crippen LogP contribution in [-0.2, 0) is 6.54 Å². The Balaban J connectivity index is 1.73. The van der Waals surface area contributed by atoms with Crippen molar-refractivity contribution in [2.45, 2.75) is 39.0 Å². The second-order valence-electron chi connectivity index (χ2n) is 8.20. The molecule has 2 aliphatic heterocycles. The summed E-state index contributed by atoms with van der Waals surface area (Å²) >= 11 is 0. The van der Waals surface area contributed by atoms with E-state index in [4.69, 9.17) is 14.5 Å². The summed E-state index contributed by atoms with van der Waals surface area (Å²) < 4.78 is 27.5. The van der Waals surface area contributed by atoms with Gasteiger partial charge in [0.25, 0.3) is 5.91 Å². The number of ether oxygens (including phenoxy) is 2. The maximum atomic E-state index is 14.1. The third-order valence-corrected chi connectivity index (χ3v) is 5.34. The Hall–Kier alpha value is -3.43. The number of nitrogens with zero attached hydrogens (tertiary/aromatic N) is 5. The smallest absolute Gasteiger partial charge is 0.256 e. The molecule has 30 heavy (non-hydrogen) atoms. The van der Waals surface area contributed by atoms with Gasteiger partial charge in [-0.25, -0.2) is 18.9 Å². The lowest BCUT2D eigenvalue weighted by Crippen LogP contribution is -2.51. The number of fused-ring (bicyclic) bond motifs is 1. The van der Waals surface area contributed by atoms with Crippen molar-refractivity contribution in [3.05, 3.63) is 41.6 Å². The van der Waals surface area contributed by atoms with E-state index in [0.29, 0.717) is 47.4 Å². The van der Waals surface area contributed by atoms with E-state index in [9.17, 15) is 9.18 Å². The zero-order valence-electron chi connectivity index (χ0n) is 16.8. The van der Waals surface area contributed by atoms with Crippen LogP contribution >= 0.6 is 0 Å². The molecule has 1 atom stereocenters. The van der Waals surface area contributed by atoms with Crippen molar-refractivity contribution in [2.24, 2.45) is 0 Å². The van der Waals surface area contributed by atoms with E-state index in [1.165, 1.54) is 16.8 Å². The van der Waals surface area contributed by atoms with Gasteiger partial charge in [0.15, 0.2) is 17.2 Å². The Labute approximate surface area is 171 Å². The summed E-state index contributed by atoms with van der Waals surface area (Å²) in [6, 6.07) is 1.42. The molecule has 0 spiro atoms. The van der Waals surface area contributed by atoms with Crippen LogP contribution in [0.3, 0.4) is 0 Å². The van der Waals surface area contributed by atoms with Crippen LogP contribution in [0.25, 0.3) is 5.65 Å². The Morgan fingerprint density at radius 2 is 2.17 bits per heavy atom. The summed E-state index contributed by atoms with van der Waals surface area (Å²) in [7, 11) is 0. The van der Waals surface area contributed by atoms with Gasteiger partial charge in [-0.1, -0.05) is 0 Å². The molecule has 0 unspecified atom stereocenters. The molecule has 1 amide bonds. The van der Waals surface area contributed by atoms with Crippen LogP contribution in [0.15, 0.2) is 24.7 Å². The lowest BCUT2D eigenvalue weighted by atomic mass is 10.0. The quantitative estimate of drug-likeness (QED) is 0.603.